The Labute approximate surface area is 143 Å². The maximum Gasteiger partial charge on any atom is 0.0442 e. The van der Waals surface area contributed by atoms with Crippen LogP contribution in [0, 0.1) is 5.41 Å². The first kappa shape index (κ1) is 16.4. The van der Waals surface area contributed by atoms with Crippen molar-refractivity contribution in [1.29, 1.82) is 0 Å². The summed E-state index contributed by atoms with van der Waals surface area (Å²) in [5, 5.41) is 3.27. The van der Waals surface area contributed by atoms with E-state index < -0.39 is 0 Å². The third-order valence-electron chi connectivity index (χ3n) is 4.72. The molecule has 0 spiro atoms. The smallest absolute Gasteiger partial charge is 0.0442 e. The summed E-state index contributed by atoms with van der Waals surface area (Å²) in [6.07, 6.45) is 7.51. The van der Waals surface area contributed by atoms with Crippen LogP contribution in [0.25, 0.3) is 16.0 Å². The minimum absolute atomic E-state index is 0.387. The molecule has 0 radical (unpaired) electrons. The zero-order valence-corrected chi connectivity index (χ0v) is 15.4. The van der Waals surface area contributed by atoms with Gasteiger partial charge in [0, 0.05) is 34.3 Å². The van der Waals surface area contributed by atoms with Gasteiger partial charge in [0.15, 0.2) is 0 Å². The van der Waals surface area contributed by atoms with E-state index in [1.807, 2.05) is 30.8 Å². The number of nitrogens with one attached hydrogen (secondary N) is 1. The molecule has 1 aliphatic carbocycles. The first-order valence-corrected chi connectivity index (χ1v) is 9.13. The third kappa shape index (κ3) is 3.13. The fraction of sp³-hybridized carbons (Fsp3) is 0.450. The van der Waals surface area contributed by atoms with Crippen molar-refractivity contribution in [3.63, 3.8) is 0 Å². The van der Waals surface area contributed by atoms with Crippen LogP contribution in [0.1, 0.15) is 48.8 Å². The van der Waals surface area contributed by atoms with E-state index in [0.717, 1.165) is 13.0 Å². The maximum absolute atomic E-state index is 4.39. The van der Waals surface area contributed by atoms with Gasteiger partial charge in [-0.25, -0.2) is 0 Å². The van der Waals surface area contributed by atoms with E-state index in [1.165, 1.54) is 45.5 Å². The van der Waals surface area contributed by atoms with E-state index in [4.69, 9.17) is 0 Å². The van der Waals surface area contributed by atoms with E-state index >= 15 is 0 Å². The first-order chi connectivity index (χ1) is 10.9. The molecular formula is C20H26N2S. The monoisotopic (exact) mass is 326 g/mol. The molecule has 3 heteroatoms. The minimum atomic E-state index is 0.387. The van der Waals surface area contributed by atoms with Crippen LogP contribution in [0.2, 0.25) is 0 Å². The summed E-state index contributed by atoms with van der Waals surface area (Å²) in [5.41, 5.74) is 7.05. The molecule has 0 saturated heterocycles. The van der Waals surface area contributed by atoms with Crippen molar-refractivity contribution in [2.24, 2.45) is 5.41 Å². The Hall–Kier alpha value is -1.45. The molecule has 0 aromatic carbocycles. The largest absolute Gasteiger partial charge is 0.316 e. The third-order valence-corrected chi connectivity index (χ3v) is 6.05. The van der Waals surface area contributed by atoms with Gasteiger partial charge in [-0.2, -0.15) is 0 Å². The molecular weight excluding hydrogens is 300 g/mol. The normalized spacial score (nSPS) is 16.2. The van der Waals surface area contributed by atoms with E-state index in [1.54, 1.807) is 4.88 Å². The highest BCUT2D eigenvalue weighted by atomic mass is 32.1. The van der Waals surface area contributed by atoms with Crippen LogP contribution in [0.5, 0.6) is 0 Å². The van der Waals surface area contributed by atoms with Crippen molar-refractivity contribution in [1.82, 2.24) is 10.3 Å². The lowest BCUT2D eigenvalue weighted by atomic mass is 9.75. The lowest BCUT2D eigenvalue weighted by molar-refractivity contribution is 0.317. The molecule has 0 amide bonds. The highest BCUT2D eigenvalue weighted by Gasteiger charge is 2.31. The molecule has 0 atom stereocenters. The van der Waals surface area contributed by atoms with Gasteiger partial charge >= 0.3 is 0 Å². The van der Waals surface area contributed by atoms with Crippen LogP contribution < -0.4 is 5.32 Å². The Morgan fingerprint density at radius 3 is 2.91 bits per heavy atom. The van der Waals surface area contributed by atoms with Gasteiger partial charge in [0.2, 0.25) is 0 Å². The van der Waals surface area contributed by atoms with Gasteiger partial charge < -0.3 is 5.32 Å². The van der Waals surface area contributed by atoms with Crippen molar-refractivity contribution in [2.75, 3.05) is 7.05 Å². The summed E-state index contributed by atoms with van der Waals surface area (Å²) in [4.78, 5) is 7.30. The van der Waals surface area contributed by atoms with E-state index in [0.29, 0.717) is 5.41 Å². The number of aromatic nitrogens is 1. The number of aryl methyl sites for hydroxylation is 1. The van der Waals surface area contributed by atoms with Crippen molar-refractivity contribution in [3.05, 3.63) is 46.6 Å². The molecule has 23 heavy (non-hydrogen) atoms. The van der Waals surface area contributed by atoms with Crippen molar-refractivity contribution in [3.8, 4) is 10.4 Å². The van der Waals surface area contributed by atoms with Gasteiger partial charge in [-0.1, -0.05) is 20.4 Å². The Morgan fingerprint density at radius 2 is 2.22 bits per heavy atom. The molecule has 2 aromatic heterocycles. The molecule has 1 aliphatic rings. The standard InChI is InChI=1S/C20H26N2S/c1-13(2)18-15-10-20(3,4)8-6-17(15)23-19(18)16-12-22-9-7-14(16)11-21-5/h7,9,12,21H,1,6,8,10-11H2,2-5H3. The van der Waals surface area contributed by atoms with Crippen LogP contribution in [0.3, 0.4) is 0 Å². The fourth-order valence-corrected chi connectivity index (χ4v) is 4.97. The molecule has 1 N–H and O–H groups in total. The quantitative estimate of drug-likeness (QED) is 0.847. The Balaban J connectivity index is 2.18. The van der Waals surface area contributed by atoms with Gasteiger partial charge in [-0.15, -0.1) is 11.3 Å². The average Bonchev–Trinajstić information content (AvgIpc) is 2.85. The zero-order valence-electron chi connectivity index (χ0n) is 14.6. The lowest BCUT2D eigenvalue weighted by Crippen LogP contribution is -2.21. The van der Waals surface area contributed by atoms with Crippen LogP contribution in [0.4, 0.5) is 0 Å². The zero-order chi connectivity index (χ0) is 16.6. The second-order valence-electron chi connectivity index (χ2n) is 7.39. The summed E-state index contributed by atoms with van der Waals surface area (Å²) in [5.74, 6) is 0. The molecule has 0 unspecified atom stereocenters. The first-order valence-electron chi connectivity index (χ1n) is 8.31. The predicted octanol–water partition coefficient (Wildman–Crippen LogP) is 5.08. The number of pyridine rings is 1. The second kappa shape index (κ2) is 6.21. The van der Waals surface area contributed by atoms with Crippen molar-refractivity contribution < 1.29 is 0 Å². The topological polar surface area (TPSA) is 24.9 Å². The summed E-state index contributed by atoms with van der Waals surface area (Å²) in [7, 11) is 1.99. The number of hydrogen-bond acceptors (Lipinski definition) is 3. The lowest BCUT2D eigenvalue weighted by Gasteiger charge is -2.30. The van der Waals surface area contributed by atoms with E-state index in [-0.39, 0.29) is 0 Å². The summed E-state index contributed by atoms with van der Waals surface area (Å²) in [6.45, 7) is 12.1. The SMILES string of the molecule is C=C(C)c1c(-c2cnccc2CNC)sc2c1CC(C)(C)CC2. The van der Waals surface area contributed by atoms with Gasteiger partial charge in [0.1, 0.15) is 0 Å². The summed E-state index contributed by atoms with van der Waals surface area (Å²) >= 11 is 1.96. The molecule has 2 aromatic rings. The summed E-state index contributed by atoms with van der Waals surface area (Å²) < 4.78 is 0. The van der Waals surface area contributed by atoms with E-state index in [9.17, 15) is 0 Å². The maximum atomic E-state index is 4.39. The highest BCUT2D eigenvalue weighted by molar-refractivity contribution is 7.16. The number of allylic oxidation sites excluding steroid dienone is 1. The molecule has 122 valence electrons. The molecule has 0 bridgehead atoms. The van der Waals surface area contributed by atoms with Gasteiger partial charge in [-0.05, 0) is 67.0 Å². The number of hydrogen-bond donors (Lipinski definition) is 1. The van der Waals surface area contributed by atoms with Crippen molar-refractivity contribution >= 4 is 16.9 Å². The Bertz CT molecular complexity index is 740. The Morgan fingerprint density at radius 1 is 1.43 bits per heavy atom. The number of thiophene rings is 1. The van der Waals surface area contributed by atoms with Crippen LogP contribution >= 0.6 is 11.3 Å². The second-order valence-corrected chi connectivity index (χ2v) is 8.50. The van der Waals surface area contributed by atoms with Crippen LogP contribution in [-0.4, -0.2) is 12.0 Å². The Kier molecular flexibility index (Phi) is 4.43. The van der Waals surface area contributed by atoms with Gasteiger partial charge in [0.25, 0.3) is 0 Å². The number of rotatable bonds is 4. The van der Waals surface area contributed by atoms with Gasteiger partial charge in [0.05, 0.1) is 0 Å². The molecule has 0 aliphatic heterocycles. The highest BCUT2D eigenvalue weighted by Crippen LogP contribution is 2.47. The van der Waals surface area contributed by atoms with Crippen LogP contribution in [-0.2, 0) is 19.4 Å². The molecule has 3 rings (SSSR count). The van der Waals surface area contributed by atoms with Crippen molar-refractivity contribution in [2.45, 2.75) is 46.6 Å². The van der Waals surface area contributed by atoms with Crippen LogP contribution in [0.15, 0.2) is 25.0 Å². The number of fused-ring (bicyclic) bond motifs is 1. The van der Waals surface area contributed by atoms with E-state index in [2.05, 4.69) is 43.7 Å². The average molecular weight is 327 g/mol. The predicted molar refractivity (Wildman–Crippen MR) is 101 cm³/mol. The minimum Gasteiger partial charge on any atom is -0.316 e. The molecule has 0 fully saturated rings. The molecule has 2 nitrogen and oxygen atoms in total. The fourth-order valence-electron chi connectivity index (χ4n) is 3.53. The van der Waals surface area contributed by atoms with Gasteiger partial charge in [-0.3, -0.25) is 4.98 Å². The molecule has 0 saturated carbocycles. The summed E-state index contributed by atoms with van der Waals surface area (Å²) in [6, 6.07) is 2.12. The number of nitrogens with zero attached hydrogens (tertiary/aromatic N) is 1. The molecule has 2 heterocycles.